The monoisotopic (exact) mass is 396 g/mol. The predicted octanol–water partition coefficient (Wildman–Crippen LogP) is 2.82. The Morgan fingerprint density at radius 1 is 1.11 bits per heavy atom. The van der Waals surface area contributed by atoms with E-state index in [0.717, 1.165) is 5.56 Å². The van der Waals surface area contributed by atoms with Gasteiger partial charge in [0.05, 0.1) is 13.7 Å². The van der Waals surface area contributed by atoms with Gasteiger partial charge in [0.15, 0.2) is 11.5 Å². The van der Waals surface area contributed by atoms with Gasteiger partial charge in [0, 0.05) is 19.2 Å². The maximum atomic E-state index is 12.9. The molecule has 0 aromatic heterocycles. The molecule has 0 spiro atoms. The van der Waals surface area contributed by atoms with Crippen LogP contribution >= 0.6 is 0 Å². The summed E-state index contributed by atoms with van der Waals surface area (Å²) >= 11 is 0. The number of hydrogen-bond donors (Lipinski definition) is 1. The fourth-order valence-corrected chi connectivity index (χ4v) is 2.35. The van der Waals surface area contributed by atoms with E-state index >= 15 is 0 Å². The first-order valence-electron chi connectivity index (χ1n) is 8.19. The molecular weight excluding hydrogens is 377 g/mol. The summed E-state index contributed by atoms with van der Waals surface area (Å²) in [5, 5.41) is 2.45. The van der Waals surface area contributed by atoms with E-state index in [4.69, 9.17) is 4.74 Å². The van der Waals surface area contributed by atoms with Crippen LogP contribution in [-0.4, -0.2) is 44.0 Å². The summed E-state index contributed by atoms with van der Waals surface area (Å²) in [6.45, 7) is -3.04. The first-order valence-corrected chi connectivity index (χ1v) is 8.19. The van der Waals surface area contributed by atoms with Gasteiger partial charge in [-0.05, 0) is 35.9 Å². The molecule has 0 heterocycles. The number of likely N-dealkylation sites (N-methyl/N-ethyl adjacent to an activating group) is 1. The second-order valence-electron chi connectivity index (χ2n) is 5.80. The molecule has 0 aliphatic carbocycles. The fraction of sp³-hybridized carbons (Fsp3) is 0.263. The normalized spacial score (nSPS) is 10.5. The van der Waals surface area contributed by atoms with E-state index < -0.39 is 12.5 Å². The highest BCUT2D eigenvalue weighted by atomic mass is 19.3. The Morgan fingerprint density at radius 2 is 1.79 bits per heavy atom. The number of alkyl halides is 2. The van der Waals surface area contributed by atoms with Crippen molar-refractivity contribution in [3.63, 3.8) is 0 Å². The summed E-state index contributed by atoms with van der Waals surface area (Å²) in [5.74, 6) is -1.55. The summed E-state index contributed by atoms with van der Waals surface area (Å²) in [6.07, 6.45) is 0. The molecule has 150 valence electrons. The lowest BCUT2D eigenvalue weighted by molar-refractivity contribution is -0.129. The second kappa shape index (κ2) is 9.63. The van der Waals surface area contributed by atoms with Gasteiger partial charge in [-0.1, -0.05) is 12.1 Å². The second-order valence-corrected chi connectivity index (χ2v) is 5.80. The van der Waals surface area contributed by atoms with Gasteiger partial charge in [0.1, 0.15) is 5.82 Å². The van der Waals surface area contributed by atoms with Crippen molar-refractivity contribution in [2.45, 2.75) is 13.2 Å². The van der Waals surface area contributed by atoms with Gasteiger partial charge in [0.2, 0.25) is 5.91 Å². The van der Waals surface area contributed by atoms with E-state index in [1.165, 1.54) is 42.3 Å². The van der Waals surface area contributed by atoms with E-state index in [1.54, 1.807) is 19.2 Å². The molecule has 0 bridgehead atoms. The maximum absolute atomic E-state index is 12.9. The molecule has 6 nitrogen and oxygen atoms in total. The Balaban J connectivity index is 1.93. The lowest BCUT2D eigenvalue weighted by Gasteiger charge is -2.18. The van der Waals surface area contributed by atoms with Crippen LogP contribution in [0.3, 0.4) is 0 Å². The molecule has 2 amide bonds. The van der Waals surface area contributed by atoms with Gasteiger partial charge in [-0.25, -0.2) is 4.39 Å². The van der Waals surface area contributed by atoms with E-state index in [9.17, 15) is 22.8 Å². The number of ether oxygens (including phenoxy) is 2. The highest BCUT2D eigenvalue weighted by Gasteiger charge is 2.16. The lowest BCUT2D eigenvalue weighted by atomic mass is 10.2. The Kier molecular flexibility index (Phi) is 7.25. The lowest BCUT2D eigenvalue weighted by Crippen LogP contribution is -2.37. The molecule has 0 unspecified atom stereocenters. The van der Waals surface area contributed by atoms with Crippen molar-refractivity contribution in [3.05, 3.63) is 59.4 Å². The van der Waals surface area contributed by atoms with Crippen molar-refractivity contribution in [3.8, 4) is 11.5 Å². The van der Waals surface area contributed by atoms with Crippen molar-refractivity contribution in [1.82, 2.24) is 10.2 Å². The van der Waals surface area contributed by atoms with Gasteiger partial charge in [0.25, 0.3) is 5.91 Å². The summed E-state index contributed by atoms with van der Waals surface area (Å²) in [4.78, 5) is 25.7. The number of hydrogen-bond acceptors (Lipinski definition) is 4. The molecule has 2 aromatic rings. The molecule has 0 saturated carbocycles. The molecule has 28 heavy (non-hydrogen) atoms. The smallest absolute Gasteiger partial charge is 0.387 e. The molecule has 0 saturated heterocycles. The number of nitrogens with zero attached hydrogens (tertiary/aromatic N) is 1. The summed E-state index contributed by atoms with van der Waals surface area (Å²) in [6, 6.07) is 9.42. The van der Waals surface area contributed by atoms with Crippen molar-refractivity contribution >= 4 is 11.8 Å². The fourth-order valence-electron chi connectivity index (χ4n) is 2.35. The van der Waals surface area contributed by atoms with Gasteiger partial charge in [-0.15, -0.1) is 0 Å². The number of nitrogens with one attached hydrogen (secondary N) is 1. The molecule has 0 atom stereocenters. The molecule has 9 heteroatoms. The third kappa shape index (κ3) is 5.90. The van der Waals surface area contributed by atoms with Gasteiger partial charge < -0.3 is 19.7 Å². The molecule has 0 radical (unpaired) electrons. The van der Waals surface area contributed by atoms with Gasteiger partial charge in [-0.2, -0.15) is 8.78 Å². The minimum absolute atomic E-state index is 0.0345. The molecule has 0 fully saturated rings. The van der Waals surface area contributed by atoms with Crippen molar-refractivity contribution < 1.29 is 32.2 Å². The van der Waals surface area contributed by atoms with Crippen LogP contribution in [0, 0.1) is 5.82 Å². The van der Waals surface area contributed by atoms with E-state index in [-0.39, 0.29) is 41.9 Å². The first-order chi connectivity index (χ1) is 13.3. The minimum Gasteiger partial charge on any atom is -0.493 e. The quantitative estimate of drug-likeness (QED) is 0.745. The van der Waals surface area contributed by atoms with Crippen molar-refractivity contribution in [1.29, 1.82) is 0 Å². The van der Waals surface area contributed by atoms with Crippen LogP contribution < -0.4 is 14.8 Å². The zero-order chi connectivity index (χ0) is 20.7. The molecule has 2 rings (SSSR count). The zero-order valence-electron chi connectivity index (χ0n) is 15.2. The summed E-state index contributed by atoms with van der Waals surface area (Å²) in [7, 11) is 2.81. The predicted molar refractivity (Wildman–Crippen MR) is 94.8 cm³/mol. The minimum atomic E-state index is -3.03. The highest BCUT2D eigenvalue weighted by Crippen LogP contribution is 2.29. The average Bonchev–Trinajstić information content (AvgIpc) is 2.67. The van der Waals surface area contributed by atoms with Crippen LogP contribution in [0.1, 0.15) is 15.9 Å². The van der Waals surface area contributed by atoms with Crippen LogP contribution in [-0.2, 0) is 11.3 Å². The molecule has 1 N–H and O–H groups in total. The average molecular weight is 396 g/mol. The Hall–Kier alpha value is -3.23. The topological polar surface area (TPSA) is 67.9 Å². The number of carbonyl (C=O) groups excluding carboxylic acids is 2. The highest BCUT2D eigenvalue weighted by molar-refractivity contribution is 5.97. The van der Waals surface area contributed by atoms with Crippen molar-refractivity contribution in [2.75, 3.05) is 20.7 Å². The number of amides is 2. The van der Waals surface area contributed by atoms with Crippen LogP contribution in [0.25, 0.3) is 0 Å². The van der Waals surface area contributed by atoms with E-state index in [0.29, 0.717) is 0 Å². The van der Waals surface area contributed by atoms with Crippen LogP contribution in [0.5, 0.6) is 11.5 Å². The zero-order valence-corrected chi connectivity index (χ0v) is 15.2. The first kappa shape index (κ1) is 21.1. The van der Waals surface area contributed by atoms with Crippen molar-refractivity contribution in [2.24, 2.45) is 0 Å². The van der Waals surface area contributed by atoms with Gasteiger partial charge >= 0.3 is 6.61 Å². The number of methoxy groups -OCH3 is 1. The van der Waals surface area contributed by atoms with E-state index in [2.05, 4.69) is 10.1 Å². The molecule has 0 aliphatic rings. The third-order valence-electron chi connectivity index (χ3n) is 3.80. The standard InChI is InChI=1S/C19H19F3N2O4/c1-24(11-12-3-6-14(20)7-4-12)17(25)10-23-18(26)13-5-8-15(28-19(21)22)16(9-13)27-2/h3-9,19H,10-11H2,1-2H3,(H,23,26). The number of rotatable bonds is 8. The number of halogens is 3. The molecule has 2 aromatic carbocycles. The van der Waals surface area contributed by atoms with Crippen LogP contribution in [0.15, 0.2) is 42.5 Å². The third-order valence-corrected chi connectivity index (χ3v) is 3.80. The Bertz CT molecular complexity index is 828. The maximum Gasteiger partial charge on any atom is 0.387 e. The van der Waals surface area contributed by atoms with Crippen LogP contribution in [0.4, 0.5) is 13.2 Å². The number of benzene rings is 2. The Labute approximate surface area is 159 Å². The molecular formula is C19H19F3N2O4. The SMILES string of the molecule is COc1cc(C(=O)NCC(=O)N(C)Cc2ccc(F)cc2)ccc1OC(F)F. The largest absolute Gasteiger partial charge is 0.493 e. The van der Waals surface area contributed by atoms with Crippen LogP contribution in [0.2, 0.25) is 0 Å². The summed E-state index contributed by atoms with van der Waals surface area (Å²) in [5.41, 5.74) is 0.857. The number of carbonyl (C=O) groups is 2. The van der Waals surface area contributed by atoms with E-state index in [1.807, 2.05) is 0 Å². The molecule has 0 aliphatic heterocycles. The van der Waals surface area contributed by atoms with Gasteiger partial charge in [-0.3, -0.25) is 9.59 Å². The Morgan fingerprint density at radius 3 is 2.39 bits per heavy atom. The summed E-state index contributed by atoms with van der Waals surface area (Å²) < 4.78 is 46.8.